The Balaban J connectivity index is 1.53. The van der Waals surface area contributed by atoms with Crippen LogP contribution >= 0.6 is 0 Å². The highest BCUT2D eigenvalue weighted by Crippen LogP contribution is 2.32. The van der Waals surface area contributed by atoms with E-state index in [1.165, 1.54) is 11.0 Å². The van der Waals surface area contributed by atoms with Crippen LogP contribution in [-0.2, 0) is 25.3 Å². The molecule has 0 spiro atoms. The fourth-order valence-corrected chi connectivity index (χ4v) is 4.85. The summed E-state index contributed by atoms with van der Waals surface area (Å²) in [6, 6.07) is 0.665. The summed E-state index contributed by atoms with van der Waals surface area (Å²) in [6.07, 6.45) is -2.90. The molecule has 2 saturated heterocycles. The summed E-state index contributed by atoms with van der Waals surface area (Å²) in [5, 5.41) is 14.9. The van der Waals surface area contributed by atoms with Gasteiger partial charge >= 0.3 is 12.1 Å². The molecule has 3 aliphatic heterocycles. The van der Waals surface area contributed by atoms with Crippen molar-refractivity contribution in [2.24, 2.45) is 0 Å². The van der Waals surface area contributed by atoms with Gasteiger partial charge in [0.2, 0.25) is 18.1 Å². The molecule has 1 aromatic rings. The van der Waals surface area contributed by atoms with Gasteiger partial charge in [-0.25, -0.2) is 0 Å². The Morgan fingerprint density at radius 3 is 2.56 bits per heavy atom. The average molecular weight is 509 g/mol. The van der Waals surface area contributed by atoms with Gasteiger partial charge in [0.15, 0.2) is 0 Å². The number of nitrogens with one attached hydrogen (secondary N) is 2. The van der Waals surface area contributed by atoms with Gasteiger partial charge < -0.3 is 25.4 Å². The van der Waals surface area contributed by atoms with Crippen molar-refractivity contribution in [1.29, 1.82) is 0 Å². The maximum atomic E-state index is 13.6. The predicted molar refractivity (Wildman–Crippen MR) is 118 cm³/mol. The van der Waals surface area contributed by atoms with Crippen LogP contribution in [0.1, 0.15) is 54.9 Å². The van der Waals surface area contributed by atoms with Crippen molar-refractivity contribution in [2.75, 3.05) is 0 Å². The molecule has 36 heavy (non-hydrogen) atoms. The number of carbonyl (C=O) groups is 4. The zero-order valence-electron chi connectivity index (χ0n) is 19.4. The number of hydrogen-bond acceptors (Lipinski definition) is 6. The fourth-order valence-electron chi connectivity index (χ4n) is 4.85. The van der Waals surface area contributed by atoms with Gasteiger partial charge in [0.05, 0.1) is 12.0 Å². The molecule has 0 bridgehead atoms. The molecule has 0 aliphatic carbocycles. The summed E-state index contributed by atoms with van der Waals surface area (Å²) in [6.45, 7) is 1.80. The van der Waals surface area contributed by atoms with Gasteiger partial charge in [0, 0.05) is 11.6 Å². The lowest BCUT2D eigenvalue weighted by Crippen LogP contribution is -2.57. The second kappa shape index (κ2) is 9.92. The van der Waals surface area contributed by atoms with Gasteiger partial charge in [0.1, 0.15) is 18.1 Å². The van der Waals surface area contributed by atoms with Crippen LogP contribution in [-0.4, -0.2) is 64.2 Å². The van der Waals surface area contributed by atoms with Crippen LogP contribution in [0.4, 0.5) is 13.2 Å². The number of carbonyl (C=O) groups excluding carboxylic acids is 4. The highest BCUT2D eigenvalue weighted by atomic mass is 19.4. The maximum Gasteiger partial charge on any atom is 0.416 e. The molecule has 9 nitrogen and oxygen atoms in total. The quantitative estimate of drug-likeness (QED) is 0.419. The molecule has 3 amide bonds. The van der Waals surface area contributed by atoms with Crippen molar-refractivity contribution in [3.05, 3.63) is 47.0 Å². The Bertz CT molecular complexity index is 1100. The van der Waals surface area contributed by atoms with Crippen molar-refractivity contribution < 1.29 is 42.2 Å². The number of nitrogens with zero attached hydrogens (tertiary/aromatic N) is 1. The number of ether oxygens (including phenoxy) is 1. The van der Waals surface area contributed by atoms with E-state index in [1.54, 1.807) is 6.92 Å². The average Bonchev–Trinajstić information content (AvgIpc) is 3.37. The first kappa shape index (κ1) is 25.7. The summed E-state index contributed by atoms with van der Waals surface area (Å²) in [5.74, 6) is -2.58. The van der Waals surface area contributed by atoms with Crippen LogP contribution in [0.3, 0.4) is 0 Å². The molecule has 1 aromatic carbocycles. The van der Waals surface area contributed by atoms with Gasteiger partial charge in [-0.2, -0.15) is 13.2 Å². The third-order valence-electron chi connectivity index (χ3n) is 6.69. The molecule has 3 N–H and O–H groups in total. The number of alkyl halides is 3. The van der Waals surface area contributed by atoms with Crippen LogP contribution < -0.4 is 10.6 Å². The van der Waals surface area contributed by atoms with Gasteiger partial charge in [-0.1, -0.05) is 17.7 Å². The largest absolute Gasteiger partial charge is 0.434 e. The number of amides is 3. The number of esters is 1. The van der Waals surface area contributed by atoms with E-state index < -0.39 is 59.8 Å². The van der Waals surface area contributed by atoms with E-state index in [9.17, 15) is 37.5 Å². The number of benzene rings is 1. The number of aliphatic hydroxyl groups is 1. The number of cyclic esters (lactones) is 1. The van der Waals surface area contributed by atoms with E-state index in [-0.39, 0.29) is 24.4 Å². The number of halogens is 3. The predicted octanol–water partition coefficient (Wildman–Crippen LogP) is 1.65. The molecule has 3 heterocycles. The Kier molecular flexibility index (Phi) is 7.07. The SMILES string of the molecule is CC1=CCC2CCC(C(=O)NC3CC(=O)OC3O)N2C(=O)C(NC(=O)c2cccc(C(F)(F)F)c2)C1. The molecule has 3 aliphatic rings. The van der Waals surface area contributed by atoms with Crippen LogP contribution in [0.25, 0.3) is 0 Å². The Morgan fingerprint density at radius 2 is 1.89 bits per heavy atom. The van der Waals surface area contributed by atoms with Crippen LogP contribution in [0.2, 0.25) is 0 Å². The molecule has 5 unspecified atom stereocenters. The minimum absolute atomic E-state index is 0.130. The molecule has 0 saturated carbocycles. The first-order valence-corrected chi connectivity index (χ1v) is 11.6. The highest BCUT2D eigenvalue weighted by molar-refractivity contribution is 5.99. The topological polar surface area (TPSA) is 125 Å². The molecule has 0 radical (unpaired) electrons. The summed E-state index contributed by atoms with van der Waals surface area (Å²) in [4.78, 5) is 52.2. The summed E-state index contributed by atoms with van der Waals surface area (Å²) in [5.41, 5.74) is -0.397. The maximum absolute atomic E-state index is 13.6. The standard InChI is InChI=1S/C24H26F3N3O6/c1-12-5-6-15-7-8-18(21(33)29-17-11-19(31)36-23(17)35)30(15)22(34)16(9-12)28-20(32)13-3-2-4-14(10-13)24(25,26)27/h2-5,10,15-18,23,35H,6-9,11H2,1H3,(H,28,32)(H,29,33). The Morgan fingerprint density at radius 1 is 1.14 bits per heavy atom. The molecular formula is C24H26F3N3O6. The normalized spacial score (nSPS) is 28.5. The summed E-state index contributed by atoms with van der Waals surface area (Å²) >= 11 is 0. The molecule has 5 atom stereocenters. The van der Waals surface area contributed by atoms with E-state index in [1.807, 2.05) is 6.08 Å². The molecule has 2 fully saturated rings. The minimum Gasteiger partial charge on any atom is -0.434 e. The van der Waals surface area contributed by atoms with Crippen LogP contribution in [0.15, 0.2) is 35.9 Å². The van der Waals surface area contributed by atoms with Crippen LogP contribution in [0.5, 0.6) is 0 Å². The van der Waals surface area contributed by atoms with E-state index in [0.29, 0.717) is 19.3 Å². The van der Waals surface area contributed by atoms with Crippen molar-refractivity contribution in [3.8, 4) is 0 Å². The van der Waals surface area contributed by atoms with E-state index in [4.69, 9.17) is 0 Å². The van der Waals surface area contributed by atoms with Crippen LogP contribution in [0, 0.1) is 0 Å². The van der Waals surface area contributed by atoms with Crippen molar-refractivity contribution in [2.45, 2.75) is 75.7 Å². The third-order valence-corrected chi connectivity index (χ3v) is 6.69. The van der Waals surface area contributed by atoms with Gasteiger partial charge in [0.25, 0.3) is 5.91 Å². The van der Waals surface area contributed by atoms with Crippen molar-refractivity contribution in [3.63, 3.8) is 0 Å². The number of hydrogen-bond donors (Lipinski definition) is 3. The second-order valence-electron chi connectivity index (χ2n) is 9.29. The number of rotatable bonds is 4. The number of aliphatic hydroxyl groups excluding tert-OH is 1. The summed E-state index contributed by atoms with van der Waals surface area (Å²) in [7, 11) is 0. The molecule has 12 heteroatoms. The molecule has 4 rings (SSSR count). The number of fused-ring (bicyclic) bond motifs is 1. The molecule has 0 aromatic heterocycles. The van der Waals surface area contributed by atoms with E-state index in [2.05, 4.69) is 15.4 Å². The van der Waals surface area contributed by atoms with E-state index >= 15 is 0 Å². The monoisotopic (exact) mass is 509 g/mol. The van der Waals surface area contributed by atoms with Crippen molar-refractivity contribution >= 4 is 23.7 Å². The first-order chi connectivity index (χ1) is 16.9. The lowest BCUT2D eigenvalue weighted by molar-refractivity contribution is -0.155. The van der Waals surface area contributed by atoms with Gasteiger partial charge in [-0.15, -0.1) is 0 Å². The second-order valence-corrected chi connectivity index (χ2v) is 9.29. The van der Waals surface area contributed by atoms with E-state index in [0.717, 1.165) is 23.8 Å². The lowest BCUT2D eigenvalue weighted by atomic mass is 9.98. The van der Waals surface area contributed by atoms with Crippen molar-refractivity contribution in [1.82, 2.24) is 15.5 Å². The summed E-state index contributed by atoms with van der Waals surface area (Å²) < 4.78 is 43.9. The smallest absolute Gasteiger partial charge is 0.416 e. The molecule has 194 valence electrons. The van der Waals surface area contributed by atoms with Gasteiger partial charge in [-0.05, 0) is 50.8 Å². The minimum atomic E-state index is -4.63. The third kappa shape index (κ3) is 5.38. The molecular weight excluding hydrogens is 483 g/mol. The Labute approximate surface area is 204 Å². The fraction of sp³-hybridized carbons (Fsp3) is 0.500. The zero-order valence-corrected chi connectivity index (χ0v) is 19.4. The Hall–Kier alpha value is -3.41. The first-order valence-electron chi connectivity index (χ1n) is 11.6. The zero-order chi connectivity index (χ0) is 26.2. The lowest BCUT2D eigenvalue weighted by Gasteiger charge is -2.35. The van der Waals surface area contributed by atoms with Gasteiger partial charge in [-0.3, -0.25) is 19.2 Å². The highest BCUT2D eigenvalue weighted by Gasteiger charge is 2.45.